The van der Waals surface area contributed by atoms with Crippen LogP contribution in [0.25, 0.3) is 0 Å². The van der Waals surface area contributed by atoms with E-state index in [0.717, 1.165) is 0 Å². The molecule has 146 valence electrons. The van der Waals surface area contributed by atoms with Crippen molar-refractivity contribution in [2.75, 3.05) is 26.9 Å². The summed E-state index contributed by atoms with van der Waals surface area (Å²) in [7, 11) is 1.28. The zero-order valence-corrected chi connectivity index (χ0v) is 15.1. The predicted molar refractivity (Wildman–Crippen MR) is 92.5 cm³/mol. The van der Waals surface area contributed by atoms with Crippen LogP contribution in [0, 0.1) is 0 Å². The lowest BCUT2D eigenvalue weighted by Gasteiger charge is -2.18. The number of rotatable bonds is 5. The summed E-state index contributed by atoms with van der Waals surface area (Å²) in [5.41, 5.74) is 0.618. The number of nitrogens with one attached hydrogen (secondary N) is 2. The van der Waals surface area contributed by atoms with Gasteiger partial charge in [-0.25, -0.2) is 9.59 Å². The second-order valence-corrected chi connectivity index (χ2v) is 6.22. The van der Waals surface area contributed by atoms with Gasteiger partial charge in [-0.15, -0.1) is 0 Å². The third-order valence-corrected chi connectivity index (χ3v) is 4.45. The van der Waals surface area contributed by atoms with Gasteiger partial charge in [0.1, 0.15) is 12.2 Å². The molecule has 4 atom stereocenters. The van der Waals surface area contributed by atoms with E-state index in [1.165, 1.54) is 13.2 Å². The Hall–Kier alpha value is -2.65. The number of amides is 2. The summed E-state index contributed by atoms with van der Waals surface area (Å²) in [5, 5.41) is 5.41. The lowest BCUT2D eigenvalue weighted by atomic mass is 10.1. The highest BCUT2D eigenvalue weighted by Gasteiger charge is 2.50. The van der Waals surface area contributed by atoms with E-state index in [0.29, 0.717) is 17.7 Å². The van der Waals surface area contributed by atoms with E-state index in [-0.39, 0.29) is 25.2 Å². The van der Waals surface area contributed by atoms with Crippen LogP contribution in [0.15, 0.2) is 24.3 Å². The van der Waals surface area contributed by atoms with Crippen LogP contribution in [0.2, 0.25) is 0 Å². The van der Waals surface area contributed by atoms with Crippen molar-refractivity contribution in [1.82, 2.24) is 10.6 Å². The quantitative estimate of drug-likeness (QED) is 0.717. The van der Waals surface area contributed by atoms with Crippen LogP contribution in [0.5, 0.6) is 0 Å². The molecular formula is C18H22N2O7. The van der Waals surface area contributed by atoms with Crippen LogP contribution < -0.4 is 10.6 Å². The topological polar surface area (TPSA) is 112 Å². The second-order valence-electron chi connectivity index (χ2n) is 6.22. The SMILES string of the molecule is CCNC(=O)O[C@@H]1CO[C@H]2[C@@H]1OC[C@@H]2NC(=O)c1cccc(C(=O)OC)c1. The van der Waals surface area contributed by atoms with Crippen molar-refractivity contribution in [2.45, 2.75) is 31.3 Å². The van der Waals surface area contributed by atoms with Crippen molar-refractivity contribution < 1.29 is 33.3 Å². The fourth-order valence-electron chi connectivity index (χ4n) is 3.17. The lowest BCUT2D eigenvalue weighted by molar-refractivity contribution is 0.00408. The maximum Gasteiger partial charge on any atom is 0.407 e. The number of hydrogen-bond acceptors (Lipinski definition) is 7. The Balaban J connectivity index is 1.60. The molecule has 2 aliphatic heterocycles. The molecular weight excluding hydrogens is 356 g/mol. The highest BCUT2D eigenvalue weighted by atomic mass is 16.6. The molecule has 1 aromatic rings. The molecule has 1 aromatic carbocycles. The first-order chi connectivity index (χ1) is 13.0. The van der Waals surface area contributed by atoms with Crippen LogP contribution >= 0.6 is 0 Å². The molecule has 0 saturated carbocycles. The second kappa shape index (κ2) is 8.36. The lowest BCUT2D eigenvalue weighted by Crippen LogP contribution is -2.44. The van der Waals surface area contributed by atoms with E-state index in [2.05, 4.69) is 15.4 Å². The standard InChI is InChI=1S/C18H22N2O7/c1-3-19-18(23)27-13-9-26-14-12(8-25-15(13)14)20-16(21)10-5-4-6-11(7-10)17(22)24-2/h4-7,12-15H,3,8-9H2,1-2H3,(H,19,23)(H,20,21)/t12-,13+,14+,15+/m0/s1. The van der Waals surface area contributed by atoms with Crippen LogP contribution in [0.4, 0.5) is 4.79 Å². The number of carbonyl (C=O) groups is 3. The fourth-order valence-corrected chi connectivity index (χ4v) is 3.17. The Morgan fingerprint density at radius 2 is 1.89 bits per heavy atom. The highest BCUT2D eigenvalue weighted by Crippen LogP contribution is 2.29. The summed E-state index contributed by atoms with van der Waals surface area (Å²) in [5.74, 6) is -0.870. The summed E-state index contributed by atoms with van der Waals surface area (Å²) >= 11 is 0. The Kier molecular flexibility index (Phi) is 5.92. The van der Waals surface area contributed by atoms with Gasteiger partial charge in [0.25, 0.3) is 5.91 Å². The number of alkyl carbamates (subject to hydrolysis) is 1. The summed E-state index contributed by atoms with van der Waals surface area (Å²) < 4.78 is 21.3. The molecule has 2 aliphatic rings. The van der Waals surface area contributed by atoms with Gasteiger partial charge >= 0.3 is 12.1 Å². The molecule has 0 bridgehead atoms. The molecule has 0 unspecified atom stereocenters. The molecule has 2 amide bonds. The summed E-state index contributed by atoms with van der Waals surface area (Å²) in [6, 6.07) is 5.86. The zero-order chi connectivity index (χ0) is 19.4. The minimum absolute atomic E-state index is 0.205. The van der Waals surface area contributed by atoms with Gasteiger partial charge < -0.3 is 29.6 Å². The molecule has 2 saturated heterocycles. The van der Waals surface area contributed by atoms with E-state index >= 15 is 0 Å². The Bertz CT molecular complexity index is 723. The molecule has 0 aromatic heterocycles. The molecule has 2 N–H and O–H groups in total. The predicted octanol–water partition coefficient (Wildman–Crippen LogP) is 0.484. The molecule has 9 heteroatoms. The number of esters is 1. The first-order valence-electron chi connectivity index (χ1n) is 8.70. The maximum atomic E-state index is 12.5. The molecule has 0 spiro atoms. The Labute approximate surface area is 156 Å². The van der Waals surface area contributed by atoms with Gasteiger partial charge in [-0.1, -0.05) is 6.07 Å². The van der Waals surface area contributed by atoms with Gasteiger partial charge in [0.2, 0.25) is 0 Å². The van der Waals surface area contributed by atoms with Gasteiger partial charge in [0.15, 0.2) is 6.10 Å². The average molecular weight is 378 g/mol. The fraction of sp³-hybridized carbons (Fsp3) is 0.500. The van der Waals surface area contributed by atoms with Gasteiger partial charge in [0.05, 0.1) is 31.9 Å². The number of ether oxygens (including phenoxy) is 4. The van der Waals surface area contributed by atoms with E-state index in [1.807, 2.05) is 0 Å². The number of methoxy groups -OCH3 is 1. The van der Waals surface area contributed by atoms with Crippen LogP contribution in [-0.2, 0) is 18.9 Å². The van der Waals surface area contributed by atoms with Crippen molar-refractivity contribution in [2.24, 2.45) is 0 Å². The normalized spacial score (nSPS) is 26.1. The van der Waals surface area contributed by atoms with Gasteiger partial charge in [0, 0.05) is 12.1 Å². The van der Waals surface area contributed by atoms with E-state index in [4.69, 9.17) is 14.2 Å². The summed E-state index contributed by atoms with van der Waals surface area (Å²) in [4.78, 5) is 35.7. The molecule has 0 aliphatic carbocycles. The zero-order valence-electron chi connectivity index (χ0n) is 15.1. The van der Waals surface area contributed by atoms with E-state index in [9.17, 15) is 14.4 Å². The molecule has 27 heavy (non-hydrogen) atoms. The third kappa shape index (κ3) is 4.20. The molecule has 2 heterocycles. The number of benzene rings is 1. The molecule has 0 radical (unpaired) electrons. The van der Waals surface area contributed by atoms with Gasteiger partial charge in [-0.2, -0.15) is 0 Å². The van der Waals surface area contributed by atoms with Crippen LogP contribution in [-0.4, -0.2) is 69.2 Å². The first kappa shape index (κ1) is 19.1. The van der Waals surface area contributed by atoms with Crippen molar-refractivity contribution in [1.29, 1.82) is 0 Å². The van der Waals surface area contributed by atoms with Crippen molar-refractivity contribution >= 4 is 18.0 Å². The summed E-state index contributed by atoms with van der Waals surface area (Å²) in [6.45, 7) is 2.70. The van der Waals surface area contributed by atoms with Crippen LogP contribution in [0.1, 0.15) is 27.6 Å². The molecule has 3 rings (SSSR count). The number of carbonyl (C=O) groups excluding carboxylic acids is 3. The van der Waals surface area contributed by atoms with E-state index in [1.54, 1.807) is 25.1 Å². The number of fused-ring (bicyclic) bond motifs is 1. The third-order valence-electron chi connectivity index (χ3n) is 4.45. The van der Waals surface area contributed by atoms with Gasteiger partial charge in [-0.05, 0) is 25.1 Å². The van der Waals surface area contributed by atoms with Crippen molar-refractivity contribution in [3.05, 3.63) is 35.4 Å². The van der Waals surface area contributed by atoms with Crippen molar-refractivity contribution in [3.63, 3.8) is 0 Å². The summed E-state index contributed by atoms with van der Waals surface area (Å²) in [6.07, 6.45) is -1.88. The Morgan fingerprint density at radius 3 is 2.63 bits per heavy atom. The monoisotopic (exact) mass is 378 g/mol. The molecule has 9 nitrogen and oxygen atoms in total. The largest absolute Gasteiger partial charge is 0.465 e. The highest BCUT2D eigenvalue weighted by molar-refractivity contribution is 5.98. The minimum atomic E-state index is -0.525. The van der Waals surface area contributed by atoms with Crippen molar-refractivity contribution in [3.8, 4) is 0 Å². The number of hydrogen-bond donors (Lipinski definition) is 2. The minimum Gasteiger partial charge on any atom is -0.465 e. The van der Waals surface area contributed by atoms with Gasteiger partial charge in [-0.3, -0.25) is 4.79 Å². The average Bonchev–Trinajstić information content (AvgIpc) is 3.25. The first-order valence-corrected chi connectivity index (χ1v) is 8.70. The molecule has 2 fully saturated rings. The smallest absolute Gasteiger partial charge is 0.407 e. The van der Waals surface area contributed by atoms with Crippen LogP contribution in [0.3, 0.4) is 0 Å². The Morgan fingerprint density at radius 1 is 1.15 bits per heavy atom. The maximum absolute atomic E-state index is 12.5. The van der Waals surface area contributed by atoms with E-state index < -0.39 is 30.4 Å².